The standard InChI is InChI=1S/C42H42F2N8O3/c1-54-35-14-12-27(25-30(35)41(53)50-39-31(43)9-8-10-32(39)44)38-40(51-22-5-4-11-37(51)49-38)33-18-21-46-42(47-33)48-34-26-29(13-15-36(34)55-2)52(23-6-3-7-24-52)28-16-19-45-20-17-28/h4-5,8-15,18,21-22,25-26,28,45H,3,6-7,16-17,19-20,23-24H2,1-2H3,(H-,46,47,48,50,53)/p+1. The molecule has 3 aromatic carbocycles. The Bertz CT molecular complexity index is 2330. The topological polar surface area (TPSA) is 115 Å². The monoisotopic (exact) mass is 745 g/mol. The zero-order chi connectivity index (χ0) is 37.9. The number of carbonyl (C=O) groups excluding carboxylic acids is 1. The number of rotatable bonds is 10. The maximum Gasteiger partial charge on any atom is 0.259 e. The van der Waals surface area contributed by atoms with Crippen LogP contribution in [0.4, 0.5) is 31.8 Å². The third-order valence-corrected chi connectivity index (χ3v) is 10.9. The summed E-state index contributed by atoms with van der Waals surface area (Å²) >= 11 is 0. The van der Waals surface area contributed by atoms with Gasteiger partial charge in [0.25, 0.3) is 5.91 Å². The number of anilines is 3. The molecule has 0 saturated carbocycles. The second kappa shape index (κ2) is 15.4. The Labute approximate surface area is 318 Å². The van der Waals surface area contributed by atoms with E-state index in [0.29, 0.717) is 46.0 Å². The molecule has 0 atom stereocenters. The minimum Gasteiger partial charge on any atom is -0.496 e. The van der Waals surface area contributed by atoms with Crippen molar-refractivity contribution in [1.82, 2.24) is 29.2 Å². The fourth-order valence-electron chi connectivity index (χ4n) is 8.23. The van der Waals surface area contributed by atoms with E-state index in [2.05, 4.69) is 33.1 Å². The summed E-state index contributed by atoms with van der Waals surface area (Å²) in [5.41, 5.74) is 4.55. The van der Waals surface area contributed by atoms with Gasteiger partial charge in [-0.25, -0.2) is 23.7 Å². The Morgan fingerprint density at radius 3 is 2.40 bits per heavy atom. The molecule has 0 unspecified atom stereocenters. The number of hydrogen-bond acceptors (Lipinski definition) is 8. The van der Waals surface area contributed by atoms with Gasteiger partial charge in [0.1, 0.15) is 40.2 Å². The number of methoxy groups -OCH3 is 2. The molecule has 2 aliphatic heterocycles. The van der Waals surface area contributed by atoms with Gasteiger partial charge in [0.2, 0.25) is 5.95 Å². The number of carbonyl (C=O) groups is 1. The van der Waals surface area contributed by atoms with E-state index in [4.69, 9.17) is 19.4 Å². The average molecular weight is 746 g/mol. The van der Waals surface area contributed by atoms with E-state index < -0.39 is 23.2 Å². The van der Waals surface area contributed by atoms with Crippen LogP contribution in [-0.2, 0) is 0 Å². The number of pyridine rings is 1. The molecule has 55 heavy (non-hydrogen) atoms. The van der Waals surface area contributed by atoms with Crippen molar-refractivity contribution < 1.29 is 23.0 Å². The number of para-hydroxylation sites is 1. The molecule has 282 valence electrons. The lowest BCUT2D eigenvalue weighted by molar-refractivity contribution is 0.102. The van der Waals surface area contributed by atoms with Crippen LogP contribution >= 0.6 is 0 Å². The normalized spacial score (nSPS) is 15.8. The van der Waals surface area contributed by atoms with E-state index in [-0.39, 0.29) is 11.3 Å². The van der Waals surface area contributed by atoms with Gasteiger partial charge >= 0.3 is 0 Å². The molecular formula is C42H43F2N8O3+. The molecule has 2 fully saturated rings. The molecule has 6 aromatic rings. The number of benzene rings is 3. The molecule has 0 bridgehead atoms. The quantitative estimate of drug-likeness (QED) is 0.121. The zero-order valence-corrected chi connectivity index (χ0v) is 30.8. The van der Waals surface area contributed by atoms with Crippen molar-refractivity contribution in [2.45, 2.75) is 38.1 Å². The molecule has 3 aromatic heterocycles. The van der Waals surface area contributed by atoms with Crippen LogP contribution in [-0.4, -0.2) is 71.7 Å². The van der Waals surface area contributed by atoms with Crippen LogP contribution in [0.1, 0.15) is 42.5 Å². The van der Waals surface area contributed by atoms with Gasteiger partial charge in [-0.2, -0.15) is 0 Å². The van der Waals surface area contributed by atoms with Gasteiger partial charge in [0.05, 0.1) is 61.7 Å². The van der Waals surface area contributed by atoms with Crippen LogP contribution in [0.15, 0.2) is 91.3 Å². The van der Waals surface area contributed by atoms with Gasteiger partial charge in [0, 0.05) is 56.0 Å². The predicted octanol–water partition coefficient (Wildman–Crippen LogP) is 7.99. The Hall–Kier alpha value is -5.92. The molecule has 3 N–H and O–H groups in total. The maximum atomic E-state index is 14.5. The number of piperidine rings is 2. The summed E-state index contributed by atoms with van der Waals surface area (Å²) in [7, 11) is 3.09. The number of imidazole rings is 1. The van der Waals surface area contributed by atoms with E-state index in [1.165, 1.54) is 38.1 Å². The summed E-state index contributed by atoms with van der Waals surface area (Å²) in [5.74, 6) is -1.24. The van der Waals surface area contributed by atoms with Crippen molar-refractivity contribution >= 4 is 34.6 Å². The third-order valence-electron chi connectivity index (χ3n) is 10.9. The van der Waals surface area contributed by atoms with Gasteiger partial charge in [0.15, 0.2) is 0 Å². The van der Waals surface area contributed by atoms with Crippen molar-refractivity contribution in [2.75, 3.05) is 51.0 Å². The first-order valence-electron chi connectivity index (χ1n) is 18.7. The fourth-order valence-corrected chi connectivity index (χ4v) is 8.23. The molecule has 11 nitrogen and oxygen atoms in total. The van der Waals surface area contributed by atoms with Crippen LogP contribution < -0.4 is 29.9 Å². The van der Waals surface area contributed by atoms with E-state index in [1.54, 1.807) is 31.5 Å². The summed E-state index contributed by atoms with van der Waals surface area (Å²) in [6, 6.07) is 22.9. The largest absolute Gasteiger partial charge is 0.496 e. The van der Waals surface area contributed by atoms with E-state index in [0.717, 1.165) is 61.3 Å². The van der Waals surface area contributed by atoms with Gasteiger partial charge in [-0.3, -0.25) is 13.7 Å². The van der Waals surface area contributed by atoms with Gasteiger partial charge in [-0.1, -0.05) is 12.1 Å². The van der Waals surface area contributed by atoms with Gasteiger partial charge in [-0.15, -0.1) is 0 Å². The Balaban J connectivity index is 1.17. The van der Waals surface area contributed by atoms with Crippen molar-refractivity contribution in [2.24, 2.45) is 0 Å². The second-order valence-corrected chi connectivity index (χ2v) is 14.0. The predicted molar refractivity (Wildman–Crippen MR) is 210 cm³/mol. The Morgan fingerprint density at radius 2 is 1.64 bits per heavy atom. The van der Waals surface area contributed by atoms with Crippen LogP contribution in [0.5, 0.6) is 11.5 Å². The van der Waals surface area contributed by atoms with Crippen molar-refractivity contribution in [3.8, 4) is 34.1 Å². The first kappa shape index (κ1) is 36.1. The Morgan fingerprint density at radius 1 is 0.873 bits per heavy atom. The summed E-state index contributed by atoms with van der Waals surface area (Å²) < 4.78 is 43.2. The molecule has 1 amide bonds. The van der Waals surface area contributed by atoms with Gasteiger partial charge < -0.3 is 25.4 Å². The molecular weight excluding hydrogens is 703 g/mol. The van der Waals surface area contributed by atoms with Crippen LogP contribution in [0.25, 0.3) is 28.3 Å². The molecule has 13 heteroatoms. The summed E-state index contributed by atoms with van der Waals surface area (Å²) in [5, 5.41) is 9.38. The fraction of sp³-hybridized carbons (Fsp3) is 0.286. The first-order chi connectivity index (χ1) is 26.9. The molecule has 0 radical (unpaired) electrons. The highest BCUT2D eigenvalue weighted by Gasteiger charge is 2.41. The molecule has 2 aliphatic rings. The minimum atomic E-state index is -0.891. The number of halogens is 2. The number of likely N-dealkylation sites (tertiary alicyclic amines) is 1. The van der Waals surface area contributed by atoms with Crippen molar-refractivity contribution in [1.29, 1.82) is 0 Å². The lowest BCUT2D eigenvalue weighted by Crippen LogP contribution is -2.62. The van der Waals surface area contributed by atoms with Gasteiger partial charge in [-0.05, 0) is 73.9 Å². The summed E-state index contributed by atoms with van der Waals surface area (Å²) in [4.78, 5) is 28.1. The van der Waals surface area contributed by atoms with Crippen LogP contribution in [0.3, 0.4) is 0 Å². The number of fused-ring (bicyclic) bond motifs is 1. The van der Waals surface area contributed by atoms with Crippen LogP contribution in [0.2, 0.25) is 0 Å². The highest BCUT2D eigenvalue weighted by atomic mass is 19.1. The number of hydrogen-bond donors (Lipinski definition) is 3. The zero-order valence-electron chi connectivity index (χ0n) is 30.8. The average Bonchev–Trinajstić information content (AvgIpc) is 3.62. The van der Waals surface area contributed by atoms with Crippen LogP contribution in [0, 0.1) is 11.6 Å². The highest BCUT2D eigenvalue weighted by molar-refractivity contribution is 6.07. The molecule has 0 spiro atoms. The Kier molecular flexibility index (Phi) is 10.1. The SMILES string of the molecule is COc1ccc([N+]2(C3CCNCC3)CCCCC2)cc1Nc1nccc(-c2c(-c3ccc(OC)c(C(=O)Nc4c(F)cccc4F)c3)nc3ccccn23)n1. The van der Waals surface area contributed by atoms with E-state index in [9.17, 15) is 13.6 Å². The lowest BCUT2D eigenvalue weighted by atomic mass is 9.95. The molecule has 0 aliphatic carbocycles. The highest BCUT2D eigenvalue weighted by Crippen LogP contribution is 2.40. The number of nitrogens with zero attached hydrogens (tertiary/aromatic N) is 5. The number of ether oxygens (including phenoxy) is 2. The minimum absolute atomic E-state index is 0.0707. The number of nitrogens with one attached hydrogen (secondary N) is 3. The molecule has 8 rings (SSSR count). The summed E-state index contributed by atoms with van der Waals surface area (Å²) in [6.07, 6.45) is 9.54. The van der Waals surface area contributed by atoms with E-state index in [1.807, 2.05) is 40.9 Å². The molecule has 5 heterocycles. The lowest BCUT2D eigenvalue weighted by Gasteiger charge is -2.48. The van der Waals surface area contributed by atoms with Crippen molar-refractivity contribution in [3.63, 3.8) is 0 Å². The van der Waals surface area contributed by atoms with Crippen molar-refractivity contribution in [3.05, 3.63) is 108 Å². The number of quaternary nitrogens is 1. The smallest absolute Gasteiger partial charge is 0.259 e. The second-order valence-electron chi connectivity index (χ2n) is 14.0. The van der Waals surface area contributed by atoms with E-state index >= 15 is 0 Å². The summed E-state index contributed by atoms with van der Waals surface area (Å²) in [6.45, 7) is 4.32. The maximum absolute atomic E-state index is 14.5. The molecule has 2 saturated heterocycles. The first-order valence-corrected chi connectivity index (χ1v) is 18.7. The number of aromatic nitrogens is 4. The third kappa shape index (κ3) is 6.96. The number of amides is 1.